The van der Waals surface area contributed by atoms with E-state index < -0.39 is 7.60 Å². The minimum absolute atomic E-state index is 0.339. The molecular formula is C41H44N7O3P+4. The van der Waals surface area contributed by atoms with Gasteiger partial charge >= 0.3 is 7.60 Å². The second-order valence-electron chi connectivity index (χ2n) is 12.6. The molecule has 52 heavy (non-hydrogen) atoms. The van der Waals surface area contributed by atoms with Gasteiger partial charge in [-0.3, -0.25) is 4.57 Å². The third-order valence-corrected chi connectivity index (χ3v) is 10.9. The minimum Gasteiger partial charge on any atom is -0.337 e. The second-order valence-corrected chi connectivity index (χ2v) is 14.8. The van der Waals surface area contributed by atoms with Gasteiger partial charge in [-0.1, -0.05) is 18.2 Å². The molecule has 0 aliphatic rings. The van der Waals surface area contributed by atoms with Crippen LogP contribution in [0.1, 0.15) is 31.1 Å². The van der Waals surface area contributed by atoms with Gasteiger partial charge in [0.25, 0.3) is 0 Å². The third-order valence-electron chi connectivity index (χ3n) is 8.84. The molecular weight excluding hydrogens is 669 g/mol. The summed E-state index contributed by atoms with van der Waals surface area (Å²) in [6, 6.07) is 31.3. The van der Waals surface area contributed by atoms with Crippen LogP contribution in [0.4, 0.5) is 0 Å². The van der Waals surface area contributed by atoms with Crippen LogP contribution in [0.3, 0.4) is 0 Å². The summed E-state index contributed by atoms with van der Waals surface area (Å²) in [4.78, 5) is 13.1. The van der Waals surface area contributed by atoms with Crippen LogP contribution in [0.15, 0.2) is 141 Å². The minimum atomic E-state index is -3.07. The Kier molecular flexibility index (Phi) is 11.0. The van der Waals surface area contributed by atoms with Gasteiger partial charge in [0.1, 0.15) is 17.5 Å². The molecule has 0 bridgehead atoms. The fourth-order valence-electron chi connectivity index (χ4n) is 6.20. The zero-order valence-electron chi connectivity index (χ0n) is 29.6. The van der Waals surface area contributed by atoms with Gasteiger partial charge in [0.05, 0.1) is 24.2 Å². The summed E-state index contributed by atoms with van der Waals surface area (Å²) in [6.45, 7) is 7.01. The first kappa shape index (κ1) is 35.0. The molecule has 0 saturated heterocycles. The van der Waals surface area contributed by atoms with Gasteiger partial charge in [0, 0.05) is 48.5 Å². The highest BCUT2D eigenvalue weighted by molar-refractivity contribution is 7.53. The number of H-pyrrole nitrogens is 1. The maximum absolute atomic E-state index is 12.8. The second kappa shape index (κ2) is 16.3. The number of pyridine rings is 5. The number of imidazole rings is 1. The normalized spacial score (nSPS) is 11.7. The highest BCUT2D eigenvalue weighted by atomic mass is 31.2. The Labute approximate surface area is 304 Å². The summed E-state index contributed by atoms with van der Waals surface area (Å²) in [5, 5.41) is 0. The molecule has 10 nitrogen and oxygen atoms in total. The van der Waals surface area contributed by atoms with Crippen LogP contribution in [0, 0.1) is 0 Å². The Hall–Kier alpha value is -5.41. The van der Waals surface area contributed by atoms with E-state index in [9.17, 15) is 4.57 Å². The molecule has 0 fully saturated rings. The summed E-state index contributed by atoms with van der Waals surface area (Å²) in [5.74, 6) is 0.940. The topological polar surface area (TPSA) is 92.6 Å². The molecule has 0 aliphatic heterocycles. The van der Waals surface area contributed by atoms with Gasteiger partial charge in [-0.2, -0.15) is 13.7 Å². The number of hydrogen-bond donors (Lipinski definition) is 1. The number of aromatic nitrogens is 7. The van der Waals surface area contributed by atoms with Crippen LogP contribution >= 0.6 is 7.60 Å². The number of aryl methyl sites for hydroxylation is 1. The lowest BCUT2D eigenvalue weighted by Crippen LogP contribution is -2.35. The molecule has 7 aromatic rings. The van der Waals surface area contributed by atoms with Crippen LogP contribution in [0.25, 0.3) is 33.3 Å². The van der Waals surface area contributed by atoms with Crippen molar-refractivity contribution in [3.8, 4) is 22.3 Å². The molecule has 0 spiro atoms. The van der Waals surface area contributed by atoms with Crippen LogP contribution in [-0.2, 0) is 39.8 Å². The number of rotatable bonds is 15. The highest BCUT2D eigenvalue weighted by Crippen LogP contribution is 2.47. The summed E-state index contributed by atoms with van der Waals surface area (Å²) < 4.78 is 32.1. The molecule has 262 valence electrons. The van der Waals surface area contributed by atoms with E-state index in [0.717, 1.165) is 50.5 Å². The van der Waals surface area contributed by atoms with Crippen molar-refractivity contribution >= 4 is 18.6 Å². The van der Waals surface area contributed by atoms with Gasteiger partial charge in [-0.15, -0.1) is 0 Å². The van der Waals surface area contributed by atoms with Gasteiger partial charge < -0.3 is 14.0 Å². The van der Waals surface area contributed by atoms with Crippen molar-refractivity contribution in [2.24, 2.45) is 0 Å². The molecule has 1 aromatic carbocycles. The number of fused-ring (bicyclic) bond motifs is 1. The fourth-order valence-corrected chi connectivity index (χ4v) is 7.79. The summed E-state index contributed by atoms with van der Waals surface area (Å²) in [7, 11) is -3.07. The zero-order chi connectivity index (χ0) is 35.8. The zero-order valence-corrected chi connectivity index (χ0v) is 30.5. The molecule has 0 radical (unpaired) electrons. The molecule has 0 unspecified atom stereocenters. The largest absolute Gasteiger partial charge is 0.337 e. The Morgan fingerprint density at radius 3 is 1.50 bits per heavy atom. The fraction of sp³-hybridized carbons (Fsp3) is 0.220. The monoisotopic (exact) mass is 713 g/mol. The molecule has 1 N–H and O–H groups in total. The van der Waals surface area contributed by atoms with Crippen molar-refractivity contribution in [3.05, 3.63) is 158 Å². The summed E-state index contributed by atoms with van der Waals surface area (Å²) in [6.07, 6.45) is 16.9. The molecule has 0 aliphatic carbocycles. The van der Waals surface area contributed by atoms with E-state index in [-0.39, 0.29) is 0 Å². The van der Waals surface area contributed by atoms with E-state index in [1.54, 1.807) is 0 Å². The molecule has 11 heteroatoms. The number of para-hydroxylation sites is 2. The smallest absolute Gasteiger partial charge is 0.337 e. The first-order valence-corrected chi connectivity index (χ1v) is 19.4. The first-order valence-electron chi connectivity index (χ1n) is 17.7. The van der Waals surface area contributed by atoms with Crippen LogP contribution in [-0.4, -0.2) is 34.3 Å². The van der Waals surface area contributed by atoms with Gasteiger partial charge in [-0.25, -0.2) is 14.5 Å². The highest BCUT2D eigenvalue weighted by Gasteiger charge is 2.25. The number of nitrogens with zero attached hydrogens (tertiary/aromatic N) is 6. The lowest BCUT2D eigenvalue weighted by Gasteiger charge is -2.15. The standard InChI is InChI=1S/C41H43N7O3P/c1-3-50-52(49,51-4-2)29-28-45-20-12-33(13-21-45)34-14-22-46(23-15-34)30-37-8-7-9-38(42-37)31-47-24-16-35(17-25-47)36-18-26-48(27-19-36)32-41-43-39-10-5-6-11-40(39)44-41/h5-27H,3-4,28-32H2,1-2H3/q+3/p+1. The lowest BCUT2D eigenvalue weighted by atomic mass is 10.1. The Morgan fingerprint density at radius 1 is 0.558 bits per heavy atom. The number of aromatic amines is 1. The van der Waals surface area contributed by atoms with Crippen LogP contribution < -0.4 is 18.3 Å². The maximum Gasteiger partial charge on any atom is 0.337 e. The average Bonchev–Trinajstić information content (AvgIpc) is 3.58. The van der Waals surface area contributed by atoms with E-state index in [2.05, 4.69) is 123 Å². The number of nitrogens with one attached hydrogen (secondary N) is 1. The average molecular weight is 714 g/mol. The molecule has 6 aromatic heterocycles. The van der Waals surface area contributed by atoms with Crippen molar-refractivity contribution < 1.29 is 31.9 Å². The molecule has 0 saturated carbocycles. The van der Waals surface area contributed by atoms with Gasteiger partial charge in [-0.05, 0) is 60.4 Å². The van der Waals surface area contributed by atoms with Gasteiger partial charge in [0.15, 0.2) is 75.0 Å². The molecule has 0 amide bonds. The van der Waals surface area contributed by atoms with Crippen molar-refractivity contribution in [2.45, 2.75) is 40.0 Å². The van der Waals surface area contributed by atoms with E-state index in [4.69, 9.17) is 19.0 Å². The van der Waals surface area contributed by atoms with Crippen molar-refractivity contribution in [1.29, 1.82) is 0 Å². The lowest BCUT2D eigenvalue weighted by molar-refractivity contribution is -0.692. The van der Waals surface area contributed by atoms with E-state index in [0.29, 0.717) is 45.6 Å². The van der Waals surface area contributed by atoms with Crippen molar-refractivity contribution in [1.82, 2.24) is 15.0 Å². The van der Waals surface area contributed by atoms with Crippen LogP contribution in [0.5, 0.6) is 0 Å². The predicted octanol–water partition coefficient (Wildman–Crippen LogP) is 5.85. The molecule has 7 rings (SSSR count). The SMILES string of the molecule is CCOP(=O)(CC[n+]1ccc(-c2cc[n+](Cc3cccc(C[n+]4ccc(-c5cc[n+](Cc6nc7ccccc7[nH]6)cc5)cc4)n3)cc2)cc1)OCC. The van der Waals surface area contributed by atoms with Crippen LogP contribution in [0.2, 0.25) is 0 Å². The summed E-state index contributed by atoms with van der Waals surface area (Å²) in [5.41, 5.74) is 8.62. The van der Waals surface area contributed by atoms with Crippen molar-refractivity contribution in [3.63, 3.8) is 0 Å². The number of benzene rings is 1. The molecule has 0 atom stereocenters. The number of hydrogen-bond acceptors (Lipinski definition) is 5. The predicted molar refractivity (Wildman–Crippen MR) is 198 cm³/mol. The van der Waals surface area contributed by atoms with E-state index in [1.165, 1.54) is 0 Å². The Bertz CT molecular complexity index is 2230. The van der Waals surface area contributed by atoms with E-state index >= 15 is 0 Å². The maximum atomic E-state index is 12.8. The summed E-state index contributed by atoms with van der Waals surface area (Å²) >= 11 is 0. The van der Waals surface area contributed by atoms with Gasteiger partial charge in [0.2, 0.25) is 6.54 Å². The van der Waals surface area contributed by atoms with Crippen molar-refractivity contribution in [2.75, 3.05) is 19.4 Å². The Morgan fingerprint density at radius 2 is 1.02 bits per heavy atom. The third kappa shape index (κ3) is 8.90. The molecule has 6 heterocycles. The van der Waals surface area contributed by atoms with E-state index in [1.807, 2.05) is 55.1 Å². The quantitative estimate of drug-likeness (QED) is 0.106. The first-order chi connectivity index (χ1) is 25.4. The Balaban J connectivity index is 0.924.